The minimum Gasteiger partial charge on any atom is -0.444 e. The zero-order chi connectivity index (χ0) is 15.7. The summed E-state index contributed by atoms with van der Waals surface area (Å²) in [7, 11) is 0. The van der Waals surface area contributed by atoms with Gasteiger partial charge in [0.1, 0.15) is 18.0 Å². The second kappa shape index (κ2) is 5.53. The molecule has 0 N–H and O–H groups in total. The Bertz CT molecular complexity index is 678. The molecule has 8 nitrogen and oxygen atoms in total. The first-order valence-corrected chi connectivity index (χ1v) is 7.18. The Hall–Kier alpha value is -2.22. The molecule has 0 unspecified atom stereocenters. The van der Waals surface area contributed by atoms with E-state index in [0.29, 0.717) is 25.5 Å². The van der Waals surface area contributed by atoms with Gasteiger partial charge in [0, 0.05) is 12.7 Å². The van der Waals surface area contributed by atoms with E-state index in [2.05, 4.69) is 15.1 Å². The summed E-state index contributed by atoms with van der Waals surface area (Å²) in [4.78, 5) is 22.0. The van der Waals surface area contributed by atoms with Crippen molar-refractivity contribution in [3.8, 4) is 0 Å². The van der Waals surface area contributed by atoms with E-state index in [1.807, 2.05) is 26.8 Å². The highest BCUT2D eigenvalue weighted by molar-refractivity contribution is 5.68. The van der Waals surface area contributed by atoms with E-state index >= 15 is 0 Å². The molecule has 22 heavy (non-hydrogen) atoms. The number of morpholine rings is 1. The average Bonchev–Trinajstić information content (AvgIpc) is 2.94. The first kappa shape index (κ1) is 14.7. The molecule has 1 fully saturated rings. The summed E-state index contributed by atoms with van der Waals surface area (Å²) in [6.07, 6.45) is 2.49. The molecule has 1 atom stereocenters. The number of fused-ring (bicyclic) bond motifs is 1. The van der Waals surface area contributed by atoms with Crippen LogP contribution < -0.4 is 0 Å². The number of hydrogen-bond donors (Lipinski definition) is 0. The van der Waals surface area contributed by atoms with E-state index in [1.165, 1.54) is 6.33 Å². The van der Waals surface area contributed by atoms with Gasteiger partial charge < -0.3 is 14.4 Å². The maximum Gasteiger partial charge on any atom is 0.410 e. The lowest BCUT2D eigenvalue weighted by atomic mass is 10.2. The third-order valence-electron chi connectivity index (χ3n) is 3.26. The van der Waals surface area contributed by atoms with Gasteiger partial charge in [-0.25, -0.2) is 9.78 Å². The largest absolute Gasteiger partial charge is 0.444 e. The second-order valence-corrected chi connectivity index (χ2v) is 6.13. The molecule has 1 aliphatic heterocycles. The number of carbonyl (C=O) groups is 1. The summed E-state index contributed by atoms with van der Waals surface area (Å²) in [5.41, 5.74) is 0.302. The Kier molecular flexibility index (Phi) is 3.69. The summed E-state index contributed by atoms with van der Waals surface area (Å²) >= 11 is 0. The van der Waals surface area contributed by atoms with E-state index in [0.717, 1.165) is 5.69 Å². The van der Waals surface area contributed by atoms with Crippen LogP contribution in [0.5, 0.6) is 0 Å². The molecule has 3 heterocycles. The number of ether oxygens (including phenoxy) is 2. The summed E-state index contributed by atoms with van der Waals surface area (Å²) in [6.45, 7) is 6.92. The topological polar surface area (TPSA) is 81.8 Å². The number of amides is 1. The first-order valence-electron chi connectivity index (χ1n) is 7.18. The molecule has 8 heteroatoms. The van der Waals surface area contributed by atoms with Crippen LogP contribution in [0.15, 0.2) is 18.6 Å². The van der Waals surface area contributed by atoms with E-state index in [4.69, 9.17) is 9.47 Å². The normalized spacial score (nSPS) is 19.4. The van der Waals surface area contributed by atoms with Gasteiger partial charge in [0.05, 0.1) is 18.8 Å². The van der Waals surface area contributed by atoms with Crippen LogP contribution in [-0.2, 0) is 9.47 Å². The first-order chi connectivity index (χ1) is 10.4. The average molecular weight is 305 g/mol. The Morgan fingerprint density at radius 3 is 3.00 bits per heavy atom. The van der Waals surface area contributed by atoms with Gasteiger partial charge >= 0.3 is 6.09 Å². The van der Waals surface area contributed by atoms with Gasteiger partial charge in [0.25, 0.3) is 5.78 Å². The standard InChI is InChI=1S/C14H19N5O3/c1-14(2,3)22-13(20)18-6-7-21-11(8-18)10-4-5-15-12-16-9-17-19(10)12/h4-5,9,11H,6-8H2,1-3H3/t11-/m0/s1. The van der Waals surface area contributed by atoms with Crippen LogP contribution in [0.1, 0.15) is 32.6 Å². The van der Waals surface area contributed by atoms with Crippen LogP contribution in [0.3, 0.4) is 0 Å². The Balaban J connectivity index is 1.78. The Morgan fingerprint density at radius 1 is 1.41 bits per heavy atom. The molecule has 0 radical (unpaired) electrons. The maximum absolute atomic E-state index is 12.2. The fourth-order valence-corrected chi connectivity index (χ4v) is 2.32. The van der Waals surface area contributed by atoms with Gasteiger partial charge in [0.2, 0.25) is 0 Å². The SMILES string of the molecule is CC(C)(C)OC(=O)N1CCO[C@H](c2ccnc3ncnn23)C1. The minimum absolute atomic E-state index is 0.284. The molecule has 1 saturated heterocycles. The second-order valence-electron chi connectivity index (χ2n) is 6.13. The van der Waals surface area contributed by atoms with Gasteiger partial charge in [0.15, 0.2) is 0 Å². The fourth-order valence-electron chi connectivity index (χ4n) is 2.32. The molecule has 0 aromatic carbocycles. The highest BCUT2D eigenvalue weighted by Gasteiger charge is 2.30. The number of aromatic nitrogens is 4. The molecule has 0 bridgehead atoms. The van der Waals surface area contributed by atoms with Crippen molar-refractivity contribution in [2.24, 2.45) is 0 Å². The van der Waals surface area contributed by atoms with Gasteiger partial charge in [-0.1, -0.05) is 0 Å². The van der Waals surface area contributed by atoms with Crippen LogP contribution in [0.4, 0.5) is 4.79 Å². The zero-order valence-electron chi connectivity index (χ0n) is 12.9. The van der Waals surface area contributed by atoms with Gasteiger partial charge in [-0.2, -0.15) is 14.6 Å². The van der Waals surface area contributed by atoms with Crippen molar-refractivity contribution in [2.45, 2.75) is 32.5 Å². The molecule has 0 saturated carbocycles. The maximum atomic E-state index is 12.2. The van der Waals surface area contributed by atoms with E-state index in [1.54, 1.807) is 15.6 Å². The lowest BCUT2D eigenvalue weighted by molar-refractivity contribution is -0.0454. The van der Waals surface area contributed by atoms with Crippen molar-refractivity contribution in [2.75, 3.05) is 19.7 Å². The van der Waals surface area contributed by atoms with Gasteiger partial charge in [-0.3, -0.25) is 0 Å². The zero-order valence-corrected chi connectivity index (χ0v) is 12.9. The van der Waals surface area contributed by atoms with Crippen molar-refractivity contribution in [1.29, 1.82) is 0 Å². The van der Waals surface area contributed by atoms with Crippen LogP contribution in [0.2, 0.25) is 0 Å². The molecule has 0 spiro atoms. The quantitative estimate of drug-likeness (QED) is 0.793. The van der Waals surface area contributed by atoms with E-state index in [-0.39, 0.29) is 12.2 Å². The predicted octanol–water partition coefficient (Wildman–Crippen LogP) is 1.43. The van der Waals surface area contributed by atoms with Gasteiger partial charge in [-0.15, -0.1) is 0 Å². The molecule has 2 aromatic rings. The van der Waals surface area contributed by atoms with Crippen LogP contribution in [0.25, 0.3) is 5.78 Å². The lowest BCUT2D eigenvalue weighted by Crippen LogP contribution is -2.45. The molecule has 3 rings (SSSR count). The third-order valence-corrected chi connectivity index (χ3v) is 3.26. The Morgan fingerprint density at radius 2 is 2.23 bits per heavy atom. The minimum atomic E-state index is -0.513. The van der Waals surface area contributed by atoms with E-state index in [9.17, 15) is 4.79 Å². The highest BCUT2D eigenvalue weighted by Crippen LogP contribution is 2.23. The van der Waals surface area contributed by atoms with E-state index < -0.39 is 5.60 Å². The Labute approximate surface area is 128 Å². The number of carbonyl (C=O) groups excluding carboxylic acids is 1. The highest BCUT2D eigenvalue weighted by atomic mass is 16.6. The molecule has 1 aliphatic rings. The number of nitrogens with zero attached hydrogens (tertiary/aromatic N) is 5. The van der Waals surface area contributed by atoms with Crippen LogP contribution in [-0.4, -0.2) is 55.9 Å². The van der Waals surface area contributed by atoms with Crippen molar-refractivity contribution in [1.82, 2.24) is 24.5 Å². The molecule has 0 aliphatic carbocycles. The number of hydrogen-bond acceptors (Lipinski definition) is 6. The summed E-state index contributed by atoms with van der Waals surface area (Å²) in [5.74, 6) is 0.510. The molecular weight excluding hydrogens is 286 g/mol. The molecular formula is C14H19N5O3. The monoisotopic (exact) mass is 305 g/mol. The molecule has 2 aromatic heterocycles. The summed E-state index contributed by atoms with van der Waals surface area (Å²) in [6, 6.07) is 1.82. The fraction of sp³-hybridized carbons (Fsp3) is 0.571. The summed E-state index contributed by atoms with van der Waals surface area (Å²) in [5, 5.41) is 4.15. The van der Waals surface area contributed by atoms with Gasteiger partial charge in [-0.05, 0) is 26.8 Å². The van der Waals surface area contributed by atoms with Crippen LogP contribution >= 0.6 is 0 Å². The smallest absolute Gasteiger partial charge is 0.410 e. The summed E-state index contributed by atoms with van der Waals surface area (Å²) < 4.78 is 12.8. The van der Waals surface area contributed by atoms with Crippen LogP contribution in [0, 0.1) is 0 Å². The molecule has 1 amide bonds. The number of rotatable bonds is 1. The molecule has 118 valence electrons. The van der Waals surface area contributed by atoms with Crippen molar-refractivity contribution in [3.63, 3.8) is 0 Å². The van der Waals surface area contributed by atoms with Crippen molar-refractivity contribution in [3.05, 3.63) is 24.3 Å². The van der Waals surface area contributed by atoms with Crippen molar-refractivity contribution < 1.29 is 14.3 Å². The third kappa shape index (κ3) is 3.01. The predicted molar refractivity (Wildman–Crippen MR) is 77.3 cm³/mol. The van der Waals surface area contributed by atoms with Crippen molar-refractivity contribution >= 4 is 11.9 Å². The lowest BCUT2D eigenvalue weighted by Gasteiger charge is -2.34.